The molecular weight excluding hydrogens is 196 g/mol. The number of aromatic nitrogens is 2. The topological polar surface area (TPSA) is 34.9 Å². The van der Waals surface area contributed by atoms with Crippen LogP contribution >= 0.6 is 11.3 Å². The summed E-state index contributed by atoms with van der Waals surface area (Å²) in [5, 5.41) is 6.32. The Bertz CT molecular complexity index is 431. The van der Waals surface area contributed by atoms with E-state index in [0.717, 1.165) is 23.4 Å². The van der Waals surface area contributed by atoms with Crippen LogP contribution < -0.4 is 0 Å². The maximum Gasteiger partial charge on any atom is 0.153 e. The van der Waals surface area contributed by atoms with Crippen LogP contribution in [0, 0.1) is 0 Å². The van der Waals surface area contributed by atoms with Crippen LogP contribution in [0.25, 0.3) is 10.6 Å². The van der Waals surface area contributed by atoms with Crippen molar-refractivity contribution in [3.63, 3.8) is 0 Å². The number of carbonyl (C=O) groups excluding carboxylic acids is 1. The summed E-state index contributed by atoms with van der Waals surface area (Å²) in [5.41, 5.74) is 1.45. The lowest BCUT2D eigenvalue weighted by Gasteiger charge is -1.92. The van der Waals surface area contributed by atoms with Crippen LogP contribution in [0.3, 0.4) is 0 Å². The first-order chi connectivity index (χ1) is 6.85. The minimum absolute atomic E-state index is 0.661. The fraction of sp³-hybridized carbons (Fsp3) is 0.200. The third kappa shape index (κ3) is 1.48. The second kappa shape index (κ2) is 3.75. The maximum absolute atomic E-state index is 10.8. The largest absolute Gasteiger partial charge is 0.298 e. The average molecular weight is 206 g/mol. The normalized spacial score (nSPS) is 10.4. The Morgan fingerprint density at radius 2 is 2.50 bits per heavy atom. The van der Waals surface area contributed by atoms with Gasteiger partial charge < -0.3 is 0 Å². The van der Waals surface area contributed by atoms with Crippen LogP contribution in [0.4, 0.5) is 0 Å². The van der Waals surface area contributed by atoms with Crippen molar-refractivity contribution in [1.82, 2.24) is 9.78 Å². The van der Waals surface area contributed by atoms with Gasteiger partial charge in [0.05, 0.1) is 10.4 Å². The molecule has 0 saturated heterocycles. The van der Waals surface area contributed by atoms with E-state index < -0.39 is 0 Å². The van der Waals surface area contributed by atoms with E-state index in [0.29, 0.717) is 5.56 Å². The van der Waals surface area contributed by atoms with Gasteiger partial charge in [0.1, 0.15) is 5.69 Å². The van der Waals surface area contributed by atoms with Gasteiger partial charge in [0.15, 0.2) is 6.29 Å². The number of rotatable bonds is 3. The minimum Gasteiger partial charge on any atom is -0.298 e. The minimum atomic E-state index is 0.661. The molecule has 0 radical (unpaired) electrons. The van der Waals surface area contributed by atoms with Gasteiger partial charge in [-0.25, -0.2) is 0 Å². The van der Waals surface area contributed by atoms with E-state index in [-0.39, 0.29) is 0 Å². The zero-order valence-corrected chi connectivity index (χ0v) is 8.62. The van der Waals surface area contributed by atoms with E-state index in [1.54, 1.807) is 22.2 Å². The molecule has 0 spiro atoms. The van der Waals surface area contributed by atoms with Crippen molar-refractivity contribution in [3.05, 3.63) is 29.3 Å². The van der Waals surface area contributed by atoms with Gasteiger partial charge in [-0.1, -0.05) is 6.07 Å². The van der Waals surface area contributed by atoms with Crippen molar-refractivity contribution < 1.29 is 4.79 Å². The summed E-state index contributed by atoms with van der Waals surface area (Å²) in [7, 11) is 0. The molecule has 2 aromatic rings. The van der Waals surface area contributed by atoms with Crippen LogP contribution in [0.1, 0.15) is 17.3 Å². The molecule has 0 aromatic carbocycles. The molecule has 0 unspecified atom stereocenters. The Morgan fingerprint density at radius 3 is 3.07 bits per heavy atom. The number of aryl methyl sites for hydroxylation is 1. The van der Waals surface area contributed by atoms with Gasteiger partial charge in [0.25, 0.3) is 0 Å². The summed E-state index contributed by atoms with van der Waals surface area (Å²) >= 11 is 1.59. The van der Waals surface area contributed by atoms with Gasteiger partial charge >= 0.3 is 0 Å². The van der Waals surface area contributed by atoms with E-state index in [1.807, 2.05) is 24.4 Å². The molecule has 4 heteroatoms. The first-order valence-corrected chi connectivity index (χ1v) is 5.29. The first-order valence-electron chi connectivity index (χ1n) is 4.41. The Balaban J connectivity index is 2.51. The number of aldehydes is 1. The molecule has 2 rings (SSSR count). The summed E-state index contributed by atoms with van der Waals surface area (Å²) in [6.07, 6.45) is 2.64. The smallest absolute Gasteiger partial charge is 0.153 e. The second-order valence-electron chi connectivity index (χ2n) is 2.88. The molecule has 0 aliphatic rings. The van der Waals surface area contributed by atoms with E-state index in [4.69, 9.17) is 0 Å². The summed E-state index contributed by atoms with van der Waals surface area (Å²) in [4.78, 5) is 11.8. The van der Waals surface area contributed by atoms with E-state index in [1.165, 1.54) is 0 Å². The summed E-state index contributed by atoms with van der Waals surface area (Å²) in [6, 6.07) is 3.93. The molecule has 14 heavy (non-hydrogen) atoms. The van der Waals surface area contributed by atoms with E-state index in [2.05, 4.69) is 5.10 Å². The number of thiophene rings is 1. The van der Waals surface area contributed by atoms with Crippen LogP contribution in [-0.4, -0.2) is 16.1 Å². The highest BCUT2D eigenvalue weighted by atomic mass is 32.1. The summed E-state index contributed by atoms with van der Waals surface area (Å²) in [5.74, 6) is 0. The summed E-state index contributed by atoms with van der Waals surface area (Å²) in [6.45, 7) is 2.78. The van der Waals surface area contributed by atoms with Crippen LogP contribution in [-0.2, 0) is 6.54 Å². The number of hydrogen-bond acceptors (Lipinski definition) is 3. The predicted molar refractivity (Wildman–Crippen MR) is 56.6 cm³/mol. The Kier molecular flexibility index (Phi) is 2.45. The van der Waals surface area contributed by atoms with Gasteiger partial charge in [-0.2, -0.15) is 5.10 Å². The molecule has 0 saturated carbocycles. The fourth-order valence-electron chi connectivity index (χ4n) is 1.29. The fourth-order valence-corrected chi connectivity index (χ4v) is 2.02. The lowest BCUT2D eigenvalue weighted by atomic mass is 10.2. The molecule has 0 aliphatic heterocycles. The standard InChI is InChI=1S/C10H10N2OS/c1-2-12-6-8(7-13)10(11-12)9-4-3-5-14-9/h3-7H,2H2,1H3. The van der Waals surface area contributed by atoms with Crippen molar-refractivity contribution in [2.24, 2.45) is 0 Å². The van der Waals surface area contributed by atoms with Crippen molar-refractivity contribution in [3.8, 4) is 10.6 Å². The quantitative estimate of drug-likeness (QED) is 0.723. The van der Waals surface area contributed by atoms with Crippen molar-refractivity contribution >= 4 is 17.6 Å². The lowest BCUT2D eigenvalue weighted by Crippen LogP contribution is -1.93. The molecule has 0 fully saturated rings. The van der Waals surface area contributed by atoms with Crippen molar-refractivity contribution in [2.45, 2.75) is 13.5 Å². The number of carbonyl (C=O) groups is 1. The monoisotopic (exact) mass is 206 g/mol. The van der Waals surface area contributed by atoms with Crippen molar-refractivity contribution in [2.75, 3.05) is 0 Å². The predicted octanol–water partition coefficient (Wildman–Crippen LogP) is 2.44. The molecule has 0 bridgehead atoms. The average Bonchev–Trinajstić information content (AvgIpc) is 2.85. The zero-order chi connectivity index (χ0) is 9.97. The third-order valence-electron chi connectivity index (χ3n) is 2.00. The molecule has 0 N–H and O–H groups in total. The molecule has 2 aromatic heterocycles. The Labute approximate surface area is 86.0 Å². The molecule has 2 heterocycles. The van der Waals surface area contributed by atoms with E-state index in [9.17, 15) is 4.79 Å². The lowest BCUT2D eigenvalue weighted by molar-refractivity contribution is 0.112. The van der Waals surface area contributed by atoms with Gasteiger partial charge in [-0.3, -0.25) is 9.48 Å². The number of hydrogen-bond donors (Lipinski definition) is 0. The Hall–Kier alpha value is -1.42. The van der Waals surface area contributed by atoms with Gasteiger partial charge in [-0.05, 0) is 18.4 Å². The molecule has 72 valence electrons. The summed E-state index contributed by atoms with van der Waals surface area (Å²) < 4.78 is 1.78. The molecule has 3 nitrogen and oxygen atoms in total. The molecular formula is C10H10N2OS. The Morgan fingerprint density at radius 1 is 1.64 bits per heavy atom. The van der Waals surface area contributed by atoms with Crippen LogP contribution in [0.15, 0.2) is 23.7 Å². The van der Waals surface area contributed by atoms with E-state index >= 15 is 0 Å². The van der Waals surface area contributed by atoms with Crippen LogP contribution in [0.2, 0.25) is 0 Å². The number of nitrogens with zero attached hydrogens (tertiary/aromatic N) is 2. The molecule has 0 aliphatic carbocycles. The maximum atomic E-state index is 10.8. The third-order valence-corrected chi connectivity index (χ3v) is 2.87. The SMILES string of the molecule is CCn1cc(C=O)c(-c2cccs2)n1. The van der Waals surface area contributed by atoms with Gasteiger partial charge in [0, 0.05) is 12.7 Å². The molecule has 0 atom stereocenters. The second-order valence-corrected chi connectivity index (χ2v) is 3.83. The van der Waals surface area contributed by atoms with Gasteiger partial charge in [0.2, 0.25) is 0 Å². The first kappa shape index (κ1) is 9.15. The highest BCUT2D eigenvalue weighted by Gasteiger charge is 2.10. The molecule has 0 amide bonds. The zero-order valence-electron chi connectivity index (χ0n) is 7.80. The highest BCUT2D eigenvalue weighted by molar-refractivity contribution is 7.13. The van der Waals surface area contributed by atoms with Crippen molar-refractivity contribution in [1.29, 1.82) is 0 Å². The highest BCUT2D eigenvalue weighted by Crippen LogP contribution is 2.25. The van der Waals surface area contributed by atoms with Gasteiger partial charge in [-0.15, -0.1) is 11.3 Å². The van der Waals surface area contributed by atoms with Crippen LogP contribution in [0.5, 0.6) is 0 Å².